The van der Waals surface area contributed by atoms with Gasteiger partial charge in [-0.3, -0.25) is 9.11 Å². The highest BCUT2D eigenvalue weighted by Crippen LogP contribution is 2.36. The number of esters is 2. The van der Waals surface area contributed by atoms with Crippen molar-refractivity contribution in [3.05, 3.63) is 109 Å². The van der Waals surface area contributed by atoms with Gasteiger partial charge in [0.1, 0.15) is 43.8 Å². The van der Waals surface area contributed by atoms with Crippen LogP contribution in [0.15, 0.2) is 128 Å². The molecule has 0 aliphatic heterocycles. The molecule has 0 bridgehead atoms. The summed E-state index contributed by atoms with van der Waals surface area (Å²) >= 11 is 0. The van der Waals surface area contributed by atoms with Gasteiger partial charge in [-0.2, -0.15) is 27.1 Å². The Morgan fingerprint density at radius 3 is 1.23 bits per heavy atom. The van der Waals surface area contributed by atoms with Gasteiger partial charge < -0.3 is 19.7 Å². The van der Waals surface area contributed by atoms with Gasteiger partial charge in [-0.05, 0) is 71.8 Å². The Bertz CT molecular complexity index is 2290. The number of hydrogen-bond acceptors (Lipinski definition) is 14. The minimum Gasteiger partial charge on any atom is -0.478 e. The average molecular weight is 751 g/mol. The summed E-state index contributed by atoms with van der Waals surface area (Å²) in [5.41, 5.74) is -2.04. The largest absolute Gasteiger partial charge is 0.478 e. The highest BCUT2D eigenvalue weighted by Gasteiger charge is 2.21. The van der Waals surface area contributed by atoms with Crippen molar-refractivity contribution in [2.75, 3.05) is 0 Å². The number of nitrogens with zero attached hydrogens (tertiary/aromatic N) is 4. The molecule has 0 saturated carbocycles. The van der Waals surface area contributed by atoms with E-state index in [2.05, 4.69) is 33.6 Å². The molecule has 0 aromatic heterocycles. The van der Waals surface area contributed by atoms with Crippen molar-refractivity contribution < 1.29 is 64.8 Å². The fourth-order valence-corrected chi connectivity index (χ4v) is 5.46. The number of ether oxygens (including phenoxy) is 2. The number of carbonyl (C=O) groups is 4. The first-order valence-corrected chi connectivity index (χ1v) is 16.8. The molecule has 20 heteroatoms. The maximum Gasteiger partial charge on any atom is 0.339 e. The van der Waals surface area contributed by atoms with Crippen molar-refractivity contribution >= 4 is 66.9 Å². The summed E-state index contributed by atoms with van der Waals surface area (Å²) in [6.45, 7) is 6.44. The van der Waals surface area contributed by atoms with Crippen molar-refractivity contribution in [3.8, 4) is 22.6 Å². The van der Waals surface area contributed by atoms with Gasteiger partial charge in [-0.1, -0.05) is 25.3 Å². The fraction of sp³-hybridized carbons (Fsp3) is 0. The second-order valence-corrected chi connectivity index (χ2v) is 12.7. The van der Waals surface area contributed by atoms with E-state index in [4.69, 9.17) is 9.47 Å². The molecule has 4 aromatic rings. The summed E-state index contributed by atoms with van der Waals surface area (Å²) in [6.07, 6.45) is 1.64. The van der Waals surface area contributed by atoms with Crippen molar-refractivity contribution in [2.24, 2.45) is 20.5 Å². The SMILES string of the molecule is C=CC(=O)Oc1ccc(N=Nc2ccc(-c3ccc(N=Nc4ccc(OC(=O)C=C)c(C(=O)O)c4)c(S(=O)(=O)O)c3)cc2S(=O)(=O)O)cc1C(=O)O. The molecule has 0 unspecified atom stereocenters. The number of carboxylic acid groups (broad SMARTS) is 2. The summed E-state index contributed by atoms with van der Waals surface area (Å²) in [4.78, 5) is 44.8. The molecule has 0 fully saturated rings. The highest BCUT2D eigenvalue weighted by atomic mass is 32.2. The Morgan fingerprint density at radius 2 is 0.923 bits per heavy atom. The molecule has 0 amide bonds. The molecule has 0 radical (unpaired) electrons. The molecule has 0 atom stereocenters. The number of rotatable bonds is 13. The highest BCUT2D eigenvalue weighted by molar-refractivity contribution is 7.86. The van der Waals surface area contributed by atoms with Crippen LogP contribution in [0, 0.1) is 0 Å². The van der Waals surface area contributed by atoms with E-state index in [0.717, 1.165) is 60.7 Å². The molecule has 0 aliphatic rings. The number of benzene rings is 4. The van der Waals surface area contributed by atoms with Crippen LogP contribution in [0.1, 0.15) is 20.7 Å². The second-order valence-electron chi connectivity index (χ2n) is 9.94. The molecule has 4 N–H and O–H groups in total. The Kier molecular flexibility index (Phi) is 11.3. The van der Waals surface area contributed by atoms with Crippen LogP contribution in [0.25, 0.3) is 11.1 Å². The van der Waals surface area contributed by atoms with E-state index in [1.54, 1.807) is 0 Å². The van der Waals surface area contributed by atoms with Crippen molar-refractivity contribution in [3.63, 3.8) is 0 Å². The van der Waals surface area contributed by atoms with Gasteiger partial charge in [0.05, 0.1) is 11.4 Å². The Balaban J connectivity index is 1.71. The Labute approximate surface area is 293 Å². The van der Waals surface area contributed by atoms with Crippen LogP contribution < -0.4 is 9.47 Å². The first kappa shape index (κ1) is 38.1. The Hall–Kier alpha value is -6.74. The Morgan fingerprint density at radius 1 is 0.558 bits per heavy atom. The summed E-state index contributed by atoms with van der Waals surface area (Å²) in [6, 6.07) is 13.2. The lowest BCUT2D eigenvalue weighted by Gasteiger charge is -2.09. The van der Waals surface area contributed by atoms with Gasteiger partial charge in [0, 0.05) is 12.2 Å². The monoisotopic (exact) mass is 750 g/mol. The van der Waals surface area contributed by atoms with E-state index in [-0.39, 0.29) is 34.0 Å². The maximum atomic E-state index is 12.3. The molecule has 0 spiro atoms. The smallest absolute Gasteiger partial charge is 0.339 e. The molecule has 0 aliphatic carbocycles. The van der Waals surface area contributed by atoms with E-state index in [0.29, 0.717) is 0 Å². The van der Waals surface area contributed by atoms with E-state index < -0.39 is 76.4 Å². The van der Waals surface area contributed by atoms with Gasteiger partial charge in [-0.25, -0.2) is 19.2 Å². The lowest BCUT2D eigenvalue weighted by molar-refractivity contribution is -0.129. The number of aromatic carboxylic acids is 2. The van der Waals surface area contributed by atoms with Crippen molar-refractivity contribution in [2.45, 2.75) is 9.79 Å². The van der Waals surface area contributed by atoms with Crippen LogP contribution in [0.4, 0.5) is 22.7 Å². The van der Waals surface area contributed by atoms with Gasteiger partial charge >= 0.3 is 23.9 Å². The third-order valence-corrected chi connectivity index (χ3v) is 8.26. The molecule has 52 heavy (non-hydrogen) atoms. The van der Waals surface area contributed by atoms with Crippen LogP contribution in [-0.4, -0.2) is 60.0 Å². The van der Waals surface area contributed by atoms with Crippen LogP contribution in [0.2, 0.25) is 0 Å². The number of carbonyl (C=O) groups excluding carboxylic acids is 2. The van der Waals surface area contributed by atoms with Gasteiger partial charge in [-0.15, -0.1) is 10.2 Å². The van der Waals surface area contributed by atoms with E-state index in [1.165, 1.54) is 24.3 Å². The molecule has 0 saturated heterocycles. The lowest BCUT2D eigenvalue weighted by Crippen LogP contribution is -2.08. The number of hydrogen-bond donors (Lipinski definition) is 4. The quantitative estimate of drug-likeness (QED) is 0.0386. The molecule has 0 heterocycles. The number of azo groups is 2. The van der Waals surface area contributed by atoms with Gasteiger partial charge in [0.2, 0.25) is 0 Å². The lowest BCUT2D eigenvalue weighted by atomic mass is 10.0. The summed E-state index contributed by atoms with van der Waals surface area (Å²) in [5.74, 6) is -5.48. The minimum absolute atomic E-state index is 0.00252. The third kappa shape index (κ3) is 9.28. The van der Waals surface area contributed by atoms with Crippen molar-refractivity contribution in [1.29, 1.82) is 0 Å². The molecule has 4 rings (SSSR count). The zero-order chi connectivity index (χ0) is 38.4. The molecular weight excluding hydrogens is 729 g/mol. The minimum atomic E-state index is -5.01. The topological polar surface area (TPSA) is 285 Å². The fourth-order valence-electron chi connectivity index (χ4n) is 4.16. The molecule has 18 nitrogen and oxygen atoms in total. The zero-order valence-electron chi connectivity index (χ0n) is 26.0. The summed E-state index contributed by atoms with van der Waals surface area (Å²) < 4.78 is 78.9. The average Bonchev–Trinajstić information content (AvgIpc) is 3.09. The molecule has 266 valence electrons. The van der Waals surface area contributed by atoms with Gasteiger partial charge in [0.15, 0.2) is 0 Å². The van der Waals surface area contributed by atoms with E-state index in [9.17, 15) is 55.3 Å². The van der Waals surface area contributed by atoms with Gasteiger partial charge in [0.25, 0.3) is 20.2 Å². The molecular formula is C32H22N4O14S2. The summed E-state index contributed by atoms with van der Waals surface area (Å²) in [7, 11) is -10.0. The second kappa shape index (κ2) is 15.4. The third-order valence-electron chi connectivity index (χ3n) is 6.50. The first-order valence-electron chi connectivity index (χ1n) is 13.9. The van der Waals surface area contributed by atoms with E-state index in [1.807, 2.05) is 0 Å². The molecule has 4 aromatic carbocycles. The van der Waals surface area contributed by atoms with Crippen LogP contribution in [0.5, 0.6) is 11.5 Å². The normalized spacial score (nSPS) is 11.7. The summed E-state index contributed by atoms with van der Waals surface area (Å²) in [5, 5.41) is 34.2. The van der Waals surface area contributed by atoms with Crippen LogP contribution >= 0.6 is 0 Å². The van der Waals surface area contributed by atoms with Crippen LogP contribution in [-0.2, 0) is 29.8 Å². The van der Waals surface area contributed by atoms with Crippen LogP contribution in [0.3, 0.4) is 0 Å². The first-order chi connectivity index (χ1) is 24.4. The standard InChI is InChI=1S/C32H22N4O14S2/c1-3-29(37)49-25-11-7-19(15-21(25)31(39)40)33-35-23-9-5-17(13-27(23)51(43,44)45)18-6-10-24(28(14-18)52(46,47)48)36-34-20-8-12-26(50-30(38)4-2)22(16-20)32(41)42/h3-16H,1-2H2,(H,39,40)(H,41,42)(H,43,44,45)(H,46,47,48). The zero-order valence-corrected chi connectivity index (χ0v) is 27.6. The number of carboxylic acids is 2. The van der Waals surface area contributed by atoms with Crippen molar-refractivity contribution in [1.82, 2.24) is 0 Å². The predicted molar refractivity (Wildman–Crippen MR) is 178 cm³/mol. The van der Waals surface area contributed by atoms with E-state index >= 15 is 0 Å². The maximum absolute atomic E-state index is 12.3. The predicted octanol–water partition coefficient (Wildman–Crippen LogP) is 6.26.